The molecule has 0 aromatic rings. The third kappa shape index (κ3) is 3.51. The van der Waals surface area contributed by atoms with E-state index in [0.717, 1.165) is 13.1 Å². The van der Waals surface area contributed by atoms with Crippen molar-refractivity contribution in [3.05, 3.63) is 0 Å². The fourth-order valence-electron chi connectivity index (χ4n) is 2.17. The van der Waals surface area contributed by atoms with Gasteiger partial charge >= 0.3 is 0 Å². The van der Waals surface area contributed by atoms with Crippen molar-refractivity contribution in [2.75, 3.05) is 13.1 Å². The maximum absolute atomic E-state index is 11.9. The molecule has 0 aliphatic carbocycles. The van der Waals surface area contributed by atoms with Crippen LogP contribution in [0.5, 0.6) is 0 Å². The van der Waals surface area contributed by atoms with E-state index in [1.807, 2.05) is 0 Å². The number of amides is 1. The van der Waals surface area contributed by atoms with Crippen LogP contribution in [0.2, 0.25) is 0 Å². The number of nitrogens with zero attached hydrogens (tertiary/aromatic N) is 1. The maximum atomic E-state index is 11.9. The minimum atomic E-state index is 0.340. The molecule has 1 rings (SSSR count). The summed E-state index contributed by atoms with van der Waals surface area (Å²) in [5.41, 5.74) is 0.340. The van der Waals surface area contributed by atoms with E-state index in [9.17, 15) is 4.79 Å². The molecule has 1 amide bonds. The Bertz CT molecular complexity index is 227. The highest BCUT2D eigenvalue weighted by atomic mass is 16.2. The van der Waals surface area contributed by atoms with E-state index in [2.05, 4.69) is 39.5 Å². The first-order chi connectivity index (χ1) is 6.80. The molecule has 88 valence electrons. The minimum Gasteiger partial charge on any atom is -0.342 e. The van der Waals surface area contributed by atoms with Gasteiger partial charge in [0, 0.05) is 19.5 Å². The normalized spacial score (nSPS) is 22.5. The zero-order valence-electron chi connectivity index (χ0n) is 10.8. The topological polar surface area (TPSA) is 20.3 Å². The quantitative estimate of drug-likeness (QED) is 0.687. The average molecular weight is 211 g/mol. The first-order valence-corrected chi connectivity index (χ1v) is 6.08. The summed E-state index contributed by atoms with van der Waals surface area (Å²) in [6.07, 6.45) is 1.88. The standard InChI is InChI=1S/C13H25NO/c1-10(2)8-12(15)14-7-6-11(9-14)13(3,4)5/h10-11H,6-9H2,1-5H3. The van der Waals surface area contributed by atoms with Gasteiger partial charge in [-0.2, -0.15) is 0 Å². The van der Waals surface area contributed by atoms with Crippen molar-refractivity contribution in [3.63, 3.8) is 0 Å². The van der Waals surface area contributed by atoms with Crippen molar-refractivity contribution in [1.29, 1.82) is 0 Å². The first kappa shape index (κ1) is 12.5. The van der Waals surface area contributed by atoms with E-state index in [4.69, 9.17) is 0 Å². The fourth-order valence-corrected chi connectivity index (χ4v) is 2.17. The lowest BCUT2D eigenvalue weighted by atomic mass is 9.80. The van der Waals surface area contributed by atoms with Gasteiger partial charge in [-0.05, 0) is 23.7 Å². The van der Waals surface area contributed by atoms with Gasteiger partial charge in [0.05, 0.1) is 0 Å². The Balaban J connectivity index is 2.46. The van der Waals surface area contributed by atoms with Crippen LogP contribution in [0.25, 0.3) is 0 Å². The number of carbonyl (C=O) groups excluding carboxylic acids is 1. The minimum absolute atomic E-state index is 0.340. The zero-order valence-corrected chi connectivity index (χ0v) is 10.8. The van der Waals surface area contributed by atoms with Crippen LogP contribution in [0.15, 0.2) is 0 Å². The number of hydrogen-bond acceptors (Lipinski definition) is 1. The van der Waals surface area contributed by atoms with Gasteiger partial charge in [-0.1, -0.05) is 34.6 Å². The third-order valence-corrected chi connectivity index (χ3v) is 3.35. The van der Waals surface area contributed by atoms with Crippen molar-refractivity contribution >= 4 is 5.91 Å². The van der Waals surface area contributed by atoms with Crippen LogP contribution >= 0.6 is 0 Å². The van der Waals surface area contributed by atoms with E-state index in [-0.39, 0.29) is 0 Å². The molecule has 1 atom stereocenters. The van der Waals surface area contributed by atoms with Crippen LogP contribution in [-0.4, -0.2) is 23.9 Å². The number of likely N-dealkylation sites (tertiary alicyclic amines) is 1. The van der Waals surface area contributed by atoms with Crippen LogP contribution in [0, 0.1) is 17.3 Å². The summed E-state index contributed by atoms with van der Waals surface area (Å²) in [6, 6.07) is 0. The zero-order chi connectivity index (χ0) is 11.6. The second kappa shape index (κ2) is 4.54. The Kier molecular flexibility index (Phi) is 3.80. The Morgan fingerprint density at radius 1 is 1.40 bits per heavy atom. The van der Waals surface area contributed by atoms with Gasteiger partial charge in [-0.15, -0.1) is 0 Å². The second-order valence-electron chi connectivity index (χ2n) is 6.29. The number of rotatable bonds is 2. The largest absolute Gasteiger partial charge is 0.342 e. The molecule has 1 unspecified atom stereocenters. The van der Waals surface area contributed by atoms with Crippen molar-refractivity contribution in [3.8, 4) is 0 Å². The maximum Gasteiger partial charge on any atom is 0.222 e. The fraction of sp³-hybridized carbons (Fsp3) is 0.923. The molecule has 0 aromatic heterocycles. The molecular weight excluding hydrogens is 186 g/mol. The van der Waals surface area contributed by atoms with Crippen molar-refractivity contribution in [2.24, 2.45) is 17.3 Å². The van der Waals surface area contributed by atoms with E-state index >= 15 is 0 Å². The molecule has 2 heteroatoms. The Hall–Kier alpha value is -0.530. The molecule has 1 aliphatic rings. The van der Waals surface area contributed by atoms with Gasteiger partial charge in [-0.25, -0.2) is 0 Å². The predicted molar refractivity (Wildman–Crippen MR) is 63.6 cm³/mol. The van der Waals surface area contributed by atoms with Gasteiger partial charge in [0.1, 0.15) is 0 Å². The monoisotopic (exact) mass is 211 g/mol. The molecule has 2 nitrogen and oxygen atoms in total. The van der Waals surface area contributed by atoms with Gasteiger partial charge in [0.25, 0.3) is 0 Å². The van der Waals surface area contributed by atoms with Gasteiger partial charge in [0.2, 0.25) is 5.91 Å². The van der Waals surface area contributed by atoms with Gasteiger partial charge < -0.3 is 4.90 Å². The smallest absolute Gasteiger partial charge is 0.222 e. The number of carbonyl (C=O) groups is 1. The summed E-state index contributed by atoms with van der Waals surface area (Å²) in [4.78, 5) is 13.9. The molecule has 0 N–H and O–H groups in total. The van der Waals surface area contributed by atoms with E-state index in [1.165, 1.54) is 6.42 Å². The molecule has 1 fully saturated rings. The summed E-state index contributed by atoms with van der Waals surface area (Å²) in [5, 5.41) is 0. The lowest BCUT2D eigenvalue weighted by Crippen LogP contribution is -2.31. The van der Waals surface area contributed by atoms with Crippen LogP contribution in [-0.2, 0) is 4.79 Å². The van der Waals surface area contributed by atoms with E-state index < -0.39 is 0 Å². The molecule has 1 aliphatic heterocycles. The molecule has 0 aromatic carbocycles. The van der Waals surface area contributed by atoms with E-state index in [1.54, 1.807) is 0 Å². The van der Waals surface area contributed by atoms with Crippen LogP contribution in [0.3, 0.4) is 0 Å². The third-order valence-electron chi connectivity index (χ3n) is 3.35. The van der Waals surface area contributed by atoms with Crippen molar-refractivity contribution in [2.45, 2.75) is 47.5 Å². The summed E-state index contributed by atoms with van der Waals surface area (Å²) in [6.45, 7) is 13.0. The van der Waals surface area contributed by atoms with E-state index in [0.29, 0.717) is 29.6 Å². The molecule has 15 heavy (non-hydrogen) atoms. The summed E-state index contributed by atoms with van der Waals surface area (Å²) in [7, 11) is 0. The Morgan fingerprint density at radius 2 is 2.00 bits per heavy atom. The molecule has 1 heterocycles. The summed E-state index contributed by atoms with van der Waals surface area (Å²) in [5.74, 6) is 1.50. The Morgan fingerprint density at radius 3 is 2.40 bits per heavy atom. The molecule has 0 radical (unpaired) electrons. The number of hydrogen-bond donors (Lipinski definition) is 0. The Labute approximate surface area is 94.0 Å². The molecule has 1 saturated heterocycles. The molecule has 0 saturated carbocycles. The summed E-state index contributed by atoms with van der Waals surface area (Å²) >= 11 is 0. The molecule has 0 bridgehead atoms. The van der Waals surface area contributed by atoms with Crippen LogP contribution in [0.1, 0.15) is 47.5 Å². The van der Waals surface area contributed by atoms with Crippen LogP contribution < -0.4 is 0 Å². The first-order valence-electron chi connectivity index (χ1n) is 6.08. The van der Waals surface area contributed by atoms with Crippen molar-refractivity contribution in [1.82, 2.24) is 4.90 Å². The van der Waals surface area contributed by atoms with Gasteiger partial charge in [0.15, 0.2) is 0 Å². The van der Waals surface area contributed by atoms with Crippen molar-refractivity contribution < 1.29 is 4.79 Å². The molecule has 0 spiro atoms. The SMILES string of the molecule is CC(C)CC(=O)N1CCC(C(C)(C)C)C1. The lowest BCUT2D eigenvalue weighted by Gasteiger charge is -2.27. The van der Waals surface area contributed by atoms with Crippen LogP contribution in [0.4, 0.5) is 0 Å². The lowest BCUT2D eigenvalue weighted by molar-refractivity contribution is -0.131. The highest BCUT2D eigenvalue weighted by molar-refractivity contribution is 5.76. The highest BCUT2D eigenvalue weighted by Gasteiger charge is 2.33. The highest BCUT2D eigenvalue weighted by Crippen LogP contribution is 2.33. The van der Waals surface area contributed by atoms with Gasteiger partial charge in [-0.3, -0.25) is 4.79 Å². The summed E-state index contributed by atoms with van der Waals surface area (Å²) < 4.78 is 0. The molecular formula is C13H25NO. The second-order valence-corrected chi connectivity index (χ2v) is 6.29. The average Bonchev–Trinajstić information content (AvgIpc) is 2.48. The predicted octanol–water partition coefficient (Wildman–Crippen LogP) is 2.93.